The second-order valence-electron chi connectivity index (χ2n) is 3.87. The van der Waals surface area contributed by atoms with Crippen molar-refractivity contribution in [2.75, 3.05) is 13.2 Å². The quantitative estimate of drug-likeness (QED) is 0.888. The Morgan fingerprint density at radius 3 is 2.88 bits per heavy atom. The van der Waals surface area contributed by atoms with E-state index in [1.807, 2.05) is 6.07 Å². The van der Waals surface area contributed by atoms with Crippen LogP contribution < -0.4 is 5.32 Å². The molecule has 0 aromatic carbocycles. The summed E-state index contributed by atoms with van der Waals surface area (Å²) in [6, 6.07) is 1.94. The summed E-state index contributed by atoms with van der Waals surface area (Å²) in [6.45, 7) is 3.71. The van der Waals surface area contributed by atoms with Crippen LogP contribution in [0, 0.1) is 0 Å². The molecule has 2 heterocycles. The fraction of sp³-hybridized carbons (Fsp3) is 0.500. The Bertz CT molecular complexity index is 417. The minimum atomic E-state index is 0.0246. The normalized spacial score (nSPS) is 17.5. The molecule has 0 fully saturated rings. The molecule has 1 aromatic heterocycles. The second-order valence-corrected chi connectivity index (χ2v) is 6.15. The summed E-state index contributed by atoms with van der Waals surface area (Å²) in [5.74, 6) is 0.967. The van der Waals surface area contributed by atoms with Crippen molar-refractivity contribution < 1.29 is 4.74 Å². The molecule has 17 heavy (non-hydrogen) atoms. The molecule has 1 aliphatic rings. The first-order valence-corrected chi connectivity index (χ1v) is 7.30. The van der Waals surface area contributed by atoms with Gasteiger partial charge in [-0.1, -0.05) is 30.1 Å². The van der Waals surface area contributed by atoms with Crippen LogP contribution in [0.4, 0.5) is 0 Å². The van der Waals surface area contributed by atoms with Gasteiger partial charge in [0.15, 0.2) is 0 Å². The van der Waals surface area contributed by atoms with Crippen LogP contribution in [0.2, 0.25) is 8.67 Å². The molecule has 94 valence electrons. The van der Waals surface area contributed by atoms with Crippen LogP contribution in [0.15, 0.2) is 17.9 Å². The van der Waals surface area contributed by atoms with Crippen molar-refractivity contribution in [3.05, 3.63) is 32.1 Å². The van der Waals surface area contributed by atoms with E-state index in [4.69, 9.17) is 27.9 Å². The Morgan fingerprint density at radius 1 is 1.53 bits per heavy atom. The van der Waals surface area contributed by atoms with Crippen LogP contribution >= 0.6 is 34.5 Å². The second kappa shape index (κ2) is 6.10. The van der Waals surface area contributed by atoms with E-state index >= 15 is 0 Å². The van der Waals surface area contributed by atoms with Crippen molar-refractivity contribution in [3.8, 4) is 0 Å². The van der Waals surface area contributed by atoms with Crippen LogP contribution in [0.25, 0.3) is 0 Å². The lowest BCUT2D eigenvalue weighted by molar-refractivity contribution is 0.168. The molecule has 0 saturated carbocycles. The number of ether oxygens (including phenoxy) is 1. The SMILES string of the molecule is CCNC(C1=CCCCO1)c1cc(Cl)sc1Cl. The van der Waals surface area contributed by atoms with E-state index in [1.165, 1.54) is 11.3 Å². The van der Waals surface area contributed by atoms with Crippen molar-refractivity contribution in [2.24, 2.45) is 0 Å². The Balaban J connectivity index is 2.27. The molecule has 5 heteroatoms. The molecule has 2 nitrogen and oxygen atoms in total. The highest BCUT2D eigenvalue weighted by molar-refractivity contribution is 7.20. The largest absolute Gasteiger partial charge is 0.496 e. The number of thiophene rings is 1. The summed E-state index contributed by atoms with van der Waals surface area (Å²) >= 11 is 13.6. The van der Waals surface area contributed by atoms with E-state index in [0.29, 0.717) is 4.34 Å². The number of hydrogen-bond acceptors (Lipinski definition) is 3. The van der Waals surface area contributed by atoms with Gasteiger partial charge in [0.2, 0.25) is 0 Å². The number of allylic oxidation sites excluding steroid dienone is 1. The van der Waals surface area contributed by atoms with Gasteiger partial charge < -0.3 is 10.1 Å². The fourth-order valence-corrected chi connectivity index (χ4v) is 3.43. The third kappa shape index (κ3) is 3.16. The van der Waals surface area contributed by atoms with Crippen LogP contribution in [0.1, 0.15) is 31.4 Å². The zero-order chi connectivity index (χ0) is 12.3. The summed E-state index contributed by atoms with van der Waals surface area (Å²) in [6.07, 6.45) is 4.28. The van der Waals surface area contributed by atoms with Crippen molar-refractivity contribution in [1.82, 2.24) is 5.32 Å². The summed E-state index contributed by atoms with van der Waals surface area (Å²) in [5.41, 5.74) is 1.01. The first kappa shape index (κ1) is 13.2. The third-order valence-electron chi connectivity index (χ3n) is 2.65. The van der Waals surface area contributed by atoms with Crippen molar-refractivity contribution >= 4 is 34.5 Å². The van der Waals surface area contributed by atoms with Gasteiger partial charge >= 0.3 is 0 Å². The van der Waals surface area contributed by atoms with Crippen LogP contribution in [0.3, 0.4) is 0 Å². The zero-order valence-electron chi connectivity index (χ0n) is 9.63. The van der Waals surface area contributed by atoms with E-state index in [0.717, 1.165) is 41.7 Å². The highest BCUT2D eigenvalue weighted by Crippen LogP contribution is 2.38. The van der Waals surface area contributed by atoms with E-state index < -0.39 is 0 Å². The van der Waals surface area contributed by atoms with Gasteiger partial charge in [0.1, 0.15) is 5.76 Å². The Labute approximate surface area is 116 Å². The number of nitrogens with one attached hydrogen (secondary N) is 1. The molecule has 1 aromatic rings. The number of rotatable bonds is 4. The van der Waals surface area contributed by atoms with E-state index in [9.17, 15) is 0 Å². The standard InChI is InChI=1S/C12H15Cl2NOS/c1-2-15-11(9-5-3-4-6-16-9)8-7-10(13)17-12(8)14/h5,7,11,15H,2-4,6H2,1H3. The summed E-state index contributed by atoms with van der Waals surface area (Å²) in [4.78, 5) is 0. The molecule has 0 aliphatic carbocycles. The monoisotopic (exact) mass is 291 g/mol. The Hall–Kier alpha value is -0.220. The number of hydrogen-bond donors (Lipinski definition) is 1. The minimum absolute atomic E-state index is 0.0246. The summed E-state index contributed by atoms with van der Waals surface area (Å²) in [5, 5.41) is 3.39. The summed E-state index contributed by atoms with van der Waals surface area (Å²) < 4.78 is 7.16. The van der Waals surface area contributed by atoms with Gasteiger partial charge in [0.25, 0.3) is 0 Å². The van der Waals surface area contributed by atoms with Crippen LogP contribution in [0.5, 0.6) is 0 Å². The molecular weight excluding hydrogens is 277 g/mol. The summed E-state index contributed by atoms with van der Waals surface area (Å²) in [7, 11) is 0. The predicted octanol–water partition coefficient (Wildman–Crippen LogP) is 4.40. The van der Waals surface area contributed by atoms with Crippen LogP contribution in [-0.2, 0) is 4.74 Å². The van der Waals surface area contributed by atoms with Gasteiger partial charge in [-0.3, -0.25) is 0 Å². The van der Waals surface area contributed by atoms with E-state index in [-0.39, 0.29) is 6.04 Å². The van der Waals surface area contributed by atoms with Crippen molar-refractivity contribution in [1.29, 1.82) is 0 Å². The maximum absolute atomic E-state index is 6.21. The third-order valence-corrected chi connectivity index (χ3v) is 4.17. The molecule has 2 rings (SSSR count). The maximum Gasteiger partial charge on any atom is 0.114 e. The number of likely N-dealkylation sites (N-methyl/N-ethyl adjacent to an activating group) is 1. The molecule has 0 radical (unpaired) electrons. The fourth-order valence-electron chi connectivity index (χ4n) is 1.90. The first-order valence-electron chi connectivity index (χ1n) is 5.73. The van der Waals surface area contributed by atoms with Crippen molar-refractivity contribution in [3.63, 3.8) is 0 Å². The molecule has 1 unspecified atom stereocenters. The maximum atomic E-state index is 6.21. The van der Waals surface area contributed by atoms with Crippen LogP contribution in [-0.4, -0.2) is 13.2 Å². The highest BCUT2D eigenvalue weighted by atomic mass is 35.5. The van der Waals surface area contributed by atoms with E-state index in [1.54, 1.807) is 0 Å². The lowest BCUT2D eigenvalue weighted by Crippen LogP contribution is -2.25. The molecule has 0 spiro atoms. The molecule has 0 amide bonds. The first-order chi connectivity index (χ1) is 8.22. The average molecular weight is 292 g/mol. The van der Waals surface area contributed by atoms with Crippen molar-refractivity contribution in [2.45, 2.75) is 25.8 Å². The smallest absolute Gasteiger partial charge is 0.114 e. The lowest BCUT2D eigenvalue weighted by atomic mass is 10.1. The topological polar surface area (TPSA) is 21.3 Å². The zero-order valence-corrected chi connectivity index (χ0v) is 12.0. The predicted molar refractivity (Wildman–Crippen MR) is 74.0 cm³/mol. The molecule has 1 atom stereocenters. The van der Waals surface area contributed by atoms with E-state index in [2.05, 4.69) is 18.3 Å². The van der Waals surface area contributed by atoms with Gasteiger partial charge in [-0.2, -0.15) is 0 Å². The molecule has 0 bridgehead atoms. The molecule has 0 saturated heterocycles. The van der Waals surface area contributed by atoms with Gasteiger partial charge in [0, 0.05) is 5.56 Å². The van der Waals surface area contributed by atoms with Gasteiger partial charge in [0.05, 0.1) is 21.3 Å². The molecule has 1 N–H and O–H groups in total. The van der Waals surface area contributed by atoms with Gasteiger partial charge in [-0.25, -0.2) is 0 Å². The Kier molecular flexibility index (Phi) is 4.74. The average Bonchev–Trinajstić information content (AvgIpc) is 2.66. The van der Waals surface area contributed by atoms with Gasteiger partial charge in [-0.15, -0.1) is 11.3 Å². The molecular formula is C12H15Cl2NOS. The number of halogens is 2. The lowest BCUT2D eigenvalue weighted by Gasteiger charge is -2.24. The minimum Gasteiger partial charge on any atom is -0.496 e. The Morgan fingerprint density at radius 2 is 2.35 bits per heavy atom. The highest BCUT2D eigenvalue weighted by Gasteiger charge is 2.23. The van der Waals surface area contributed by atoms with Gasteiger partial charge in [-0.05, 0) is 31.5 Å². The molecule has 1 aliphatic heterocycles.